The van der Waals surface area contributed by atoms with Crippen molar-refractivity contribution in [1.82, 2.24) is 9.89 Å². The number of aryl methyl sites for hydroxylation is 4. The number of ketones is 1. The van der Waals surface area contributed by atoms with E-state index in [-0.39, 0.29) is 28.7 Å². The van der Waals surface area contributed by atoms with Crippen LogP contribution in [0.5, 0.6) is 23.0 Å². The molecule has 10 nitrogen and oxygen atoms in total. The number of rotatable bonds is 24. The SMILES string of the molecule is CCCCC(CC)CSCCCC(=O)NC1=CC(=[N+]2c3ccc(C)cc3Oc3cc(C)ccc32)C=CC1=C1C(=O)C(c2ccc(N3c4ccc(C)cc4Oc4cc(C)ccc43)cc2NC(=O)CCCSCC(CC)CCCC)=C1O. The summed E-state index contributed by atoms with van der Waals surface area (Å²) in [5.41, 5.74) is 10.8. The van der Waals surface area contributed by atoms with Gasteiger partial charge in [-0.2, -0.15) is 23.5 Å². The predicted molar refractivity (Wildman–Crippen MR) is 335 cm³/mol. The number of hydrogen-bond donors (Lipinski definition) is 3. The molecule has 2 atom stereocenters. The molecule has 9 rings (SSSR count). The van der Waals surface area contributed by atoms with E-state index in [9.17, 15) is 14.7 Å². The first kappa shape index (κ1) is 57.9. The average Bonchev–Trinajstić information content (AvgIpc) is 3.45. The Kier molecular flexibility index (Phi) is 19.3. The monoisotopic (exact) mass is 1110 g/mol. The van der Waals surface area contributed by atoms with E-state index < -0.39 is 5.78 Å². The molecule has 0 spiro atoms. The van der Waals surface area contributed by atoms with Crippen LogP contribution in [0.1, 0.15) is 133 Å². The van der Waals surface area contributed by atoms with Crippen LogP contribution in [0.4, 0.5) is 34.1 Å². The number of hydrogen-bond acceptors (Lipinski definition) is 9. The van der Waals surface area contributed by atoms with Crippen LogP contribution in [-0.2, 0) is 14.4 Å². The Morgan fingerprint density at radius 1 is 0.613 bits per heavy atom. The third-order valence-electron chi connectivity index (χ3n) is 15.6. The first-order valence-corrected chi connectivity index (χ1v) is 31.4. The van der Waals surface area contributed by atoms with Gasteiger partial charge in [0.25, 0.3) is 11.4 Å². The molecule has 2 aliphatic heterocycles. The molecular formula is C68H79N4O6S2+. The number of Topliss-reactive ketones (excluding diaryl/α,β-unsaturated/α-hetero) is 1. The summed E-state index contributed by atoms with van der Waals surface area (Å²) < 4.78 is 15.1. The van der Waals surface area contributed by atoms with Gasteiger partial charge in [-0.05, 0) is 171 Å². The number of ether oxygens (including phenoxy) is 2. The van der Waals surface area contributed by atoms with E-state index in [0.717, 1.165) is 92.3 Å². The summed E-state index contributed by atoms with van der Waals surface area (Å²) in [6.45, 7) is 17.1. The lowest BCUT2D eigenvalue weighted by atomic mass is 9.78. The summed E-state index contributed by atoms with van der Waals surface area (Å²) in [5.74, 6) is 7.10. The summed E-state index contributed by atoms with van der Waals surface area (Å²) in [7, 11) is 0. The summed E-state index contributed by atoms with van der Waals surface area (Å²) in [6.07, 6.45) is 17.2. The van der Waals surface area contributed by atoms with Gasteiger partial charge in [0.1, 0.15) is 5.76 Å². The number of nitrogens with zero attached hydrogens (tertiary/aromatic N) is 2. The van der Waals surface area contributed by atoms with Crippen LogP contribution >= 0.6 is 23.5 Å². The third-order valence-corrected chi connectivity index (χ3v) is 18.1. The van der Waals surface area contributed by atoms with Crippen LogP contribution in [0.15, 0.2) is 132 Å². The quantitative estimate of drug-likeness (QED) is 0.0309. The second-order valence-corrected chi connectivity index (χ2v) is 24.2. The van der Waals surface area contributed by atoms with Gasteiger partial charge in [-0.15, -0.1) is 4.58 Å². The maximum absolute atomic E-state index is 15.0. The van der Waals surface area contributed by atoms with Crippen molar-refractivity contribution < 1.29 is 29.0 Å². The number of thioether (sulfide) groups is 2. The van der Waals surface area contributed by atoms with Crippen LogP contribution in [0.3, 0.4) is 0 Å². The Hall–Kier alpha value is -6.76. The molecule has 0 bridgehead atoms. The number of fused-ring (bicyclic) bond motifs is 4. The Bertz CT molecular complexity index is 3230. The second kappa shape index (κ2) is 26.7. The van der Waals surface area contributed by atoms with E-state index in [1.54, 1.807) is 0 Å². The lowest BCUT2D eigenvalue weighted by molar-refractivity contribution is -0.120. The number of nitrogens with one attached hydrogen (secondary N) is 2. The Morgan fingerprint density at radius 2 is 1.12 bits per heavy atom. The van der Waals surface area contributed by atoms with Gasteiger partial charge >= 0.3 is 0 Å². The number of carbonyl (C=O) groups is 3. The summed E-state index contributed by atoms with van der Waals surface area (Å²) in [5, 5.41) is 18.8. The van der Waals surface area contributed by atoms with Crippen molar-refractivity contribution in [2.75, 3.05) is 33.2 Å². The highest BCUT2D eigenvalue weighted by Crippen LogP contribution is 2.53. The van der Waals surface area contributed by atoms with Crippen LogP contribution in [-0.4, -0.2) is 51.4 Å². The van der Waals surface area contributed by atoms with Crippen molar-refractivity contribution in [1.29, 1.82) is 0 Å². The molecule has 5 aromatic carbocycles. The molecule has 2 aliphatic carbocycles. The zero-order chi connectivity index (χ0) is 56.5. The highest BCUT2D eigenvalue weighted by molar-refractivity contribution is 7.99. The molecule has 3 N–H and O–H groups in total. The fraction of sp³-hybridized carbons (Fsp3) is 0.382. The molecular weight excluding hydrogens is 1030 g/mol. The third kappa shape index (κ3) is 13.2. The molecule has 12 heteroatoms. The maximum atomic E-state index is 15.0. The zero-order valence-corrected chi connectivity index (χ0v) is 49.7. The van der Waals surface area contributed by atoms with E-state index >= 15 is 4.79 Å². The minimum absolute atomic E-state index is 0.0913. The fourth-order valence-corrected chi connectivity index (χ4v) is 13.4. The van der Waals surface area contributed by atoms with Crippen molar-refractivity contribution in [2.45, 2.75) is 132 Å². The molecule has 2 unspecified atom stereocenters. The molecule has 2 amide bonds. The standard InChI is InChI=1S/C68H78N4O6S2/c1-9-13-17-47(11-3)41-79-33-15-19-63(73)69-53-39-49(71-55-29-21-43(5)35-59(55)77-60-36-44(6)22-30-56(60)71)25-27-51(53)65-67(75)66(68(65)76)52-28-26-50(40-54(52)70-64(74)20-16-34-80-42-48(12-4)18-14-10-2)72-57-31-23-45(7)37-61(57)78-62-38-46(8)24-32-58(62)72/h21-32,35-40,47-48H,9-20,33-34,41-42H2,1-8H3,(H2,69,70,73,74,75,76)/p+1. The van der Waals surface area contributed by atoms with Crippen LogP contribution < -0.4 is 29.6 Å². The molecule has 0 saturated carbocycles. The van der Waals surface area contributed by atoms with Crippen molar-refractivity contribution in [2.24, 2.45) is 11.8 Å². The highest BCUT2D eigenvalue weighted by atomic mass is 32.2. The van der Waals surface area contributed by atoms with Gasteiger partial charge in [0.05, 0.1) is 33.9 Å². The zero-order valence-electron chi connectivity index (χ0n) is 48.1. The van der Waals surface area contributed by atoms with E-state index in [4.69, 9.17) is 9.47 Å². The van der Waals surface area contributed by atoms with Crippen molar-refractivity contribution in [3.63, 3.8) is 0 Å². The molecule has 0 fully saturated rings. The molecule has 0 aromatic heterocycles. The average molecular weight is 1110 g/mol. The van der Waals surface area contributed by atoms with Gasteiger partial charge in [0.15, 0.2) is 23.0 Å². The Morgan fingerprint density at radius 3 is 1.65 bits per heavy atom. The van der Waals surface area contributed by atoms with E-state index in [1.165, 1.54) is 38.5 Å². The summed E-state index contributed by atoms with van der Waals surface area (Å²) >= 11 is 3.82. The molecule has 2 heterocycles. The van der Waals surface area contributed by atoms with Crippen LogP contribution in [0.2, 0.25) is 0 Å². The summed E-state index contributed by atoms with van der Waals surface area (Å²) in [6, 6.07) is 30.0. The lowest BCUT2D eigenvalue weighted by Crippen LogP contribution is -2.31. The van der Waals surface area contributed by atoms with Gasteiger partial charge in [-0.3, -0.25) is 14.4 Å². The highest BCUT2D eigenvalue weighted by Gasteiger charge is 2.41. The molecule has 5 aromatic rings. The number of aliphatic hydroxyl groups is 1. The van der Waals surface area contributed by atoms with E-state index in [2.05, 4.69) is 47.8 Å². The Balaban J connectivity index is 1.08. The van der Waals surface area contributed by atoms with Gasteiger partial charge in [0, 0.05) is 54.0 Å². The maximum Gasteiger partial charge on any atom is 0.254 e. The van der Waals surface area contributed by atoms with E-state index in [0.29, 0.717) is 83.0 Å². The minimum atomic E-state index is -0.398. The van der Waals surface area contributed by atoms with Crippen molar-refractivity contribution in [3.05, 3.63) is 160 Å². The van der Waals surface area contributed by atoms with Crippen LogP contribution in [0, 0.1) is 39.5 Å². The minimum Gasteiger partial charge on any atom is -0.506 e. The lowest BCUT2D eigenvalue weighted by Gasteiger charge is -2.34. The summed E-state index contributed by atoms with van der Waals surface area (Å²) in [4.78, 5) is 45.4. The van der Waals surface area contributed by atoms with Gasteiger partial charge in [0.2, 0.25) is 23.3 Å². The molecule has 80 heavy (non-hydrogen) atoms. The van der Waals surface area contributed by atoms with Crippen molar-refractivity contribution in [3.8, 4) is 23.0 Å². The number of anilines is 4. The number of allylic oxidation sites excluding steroid dienone is 5. The first-order valence-electron chi connectivity index (χ1n) is 29.1. The number of aliphatic hydroxyl groups excluding tert-OH is 1. The number of unbranched alkanes of at least 4 members (excludes halogenated alkanes) is 2. The molecule has 4 aliphatic rings. The molecule has 0 saturated heterocycles. The normalized spacial score (nSPS) is 15.9. The Labute approximate surface area is 482 Å². The second-order valence-electron chi connectivity index (χ2n) is 21.9. The van der Waals surface area contributed by atoms with Gasteiger partial charge < -0.3 is 30.1 Å². The number of amides is 2. The number of benzene rings is 5. The smallest absolute Gasteiger partial charge is 0.254 e. The number of carbonyl (C=O) groups excluding carboxylic acids is 3. The topological polar surface area (TPSA) is 120 Å². The largest absolute Gasteiger partial charge is 0.506 e. The first-order chi connectivity index (χ1) is 38.8. The van der Waals surface area contributed by atoms with Gasteiger partial charge in [-0.1, -0.05) is 90.5 Å². The van der Waals surface area contributed by atoms with E-state index in [1.807, 2.05) is 160 Å². The predicted octanol–water partition coefficient (Wildman–Crippen LogP) is 17.7. The van der Waals surface area contributed by atoms with Crippen molar-refractivity contribution >= 4 is 86.5 Å². The van der Waals surface area contributed by atoms with Gasteiger partial charge in [-0.25, -0.2) is 0 Å². The fourth-order valence-electron chi connectivity index (χ4n) is 10.9. The molecule has 418 valence electrons. The molecule has 0 radical (unpaired) electrons. The van der Waals surface area contributed by atoms with Crippen LogP contribution in [0.25, 0.3) is 5.57 Å².